The molecule has 1 N–H and O–H groups in total. The van der Waals surface area contributed by atoms with Crippen LogP contribution in [0.1, 0.15) is 33.1 Å². The summed E-state index contributed by atoms with van der Waals surface area (Å²) in [5.41, 5.74) is 1.21. The van der Waals surface area contributed by atoms with Crippen molar-refractivity contribution >= 4 is 0 Å². The summed E-state index contributed by atoms with van der Waals surface area (Å²) in [6.45, 7) is 4.31. The molecule has 2 nitrogen and oxygen atoms in total. The van der Waals surface area contributed by atoms with Crippen LogP contribution >= 0.6 is 0 Å². The van der Waals surface area contributed by atoms with Gasteiger partial charge in [-0.05, 0) is 19.8 Å². The van der Waals surface area contributed by atoms with Crippen LogP contribution in [0.4, 0.5) is 0 Å². The van der Waals surface area contributed by atoms with E-state index in [4.69, 9.17) is 9.84 Å². The van der Waals surface area contributed by atoms with E-state index in [0.717, 1.165) is 19.3 Å². The van der Waals surface area contributed by atoms with Crippen LogP contribution in [0.3, 0.4) is 0 Å². The molecule has 0 aromatic rings. The van der Waals surface area contributed by atoms with Gasteiger partial charge in [0.2, 0.25) is 0 Å². The lowest BCUT2D eigenvalue weighted by atomic mass is 10.1. The van der Waals surface area contributed by atoms with Crippen molar-refractivity contribution in [1.29, 1.82) is 0 Å². The standard InChI is InChI=1S/C10H20O2/c1-4-5-10(12-3)8-9(2)6-7-11/h6,10-11H,4-5,7-8H2,1-3H3. The predicted molar refractivity (Wildman–Crippen MR) is 51.2 cm³/mol. The summed E-state index contributed by atoms with van der Waals surface area (Å²) in [4.78, 5) is 0. The van der Waals surface area contributed by atoms with Crippen LogP contribution in [0.5, 0.6) is 0 Å². The van der Waals surface area contributed by atoms with Gasteiger partial charge in [-0.25, -0.2) is 0 Å². The highest BCUT2D eigenvalue weighted by atomic mass is 16.5. The van der Waals surface area contributed by atoms with Crippen molar-refractivity contribution in [2.45, 2.75) is 39.2 Å². The van der Waals surface area contributed by atoms with Gasteiger partial charge < -0.3 is 9.84 Å². The Balaban J connectivity index is 3.76. The monoisotopic (exact) mass is 172 g/mol. The van der Waals surface area contributed by atoms with E-state index in [2.05, 4.69) is 6.92 Å². The fourth-order valence-electron chi connectivity index (χ4n) is 1.22. The predicted octanol–water partition coefficient (Wildman–Crippen LogP) is 2.13. The highest BCUT2D eigenvalue weighted by molar-refractivity contribution is 4.99. The highest BCUT2D eigenvalue weighted by Crippen LogP contribution is 2.11. The van der Waals surface area contributed by atoms with Gasteiger partial charge in [-0.15, -0.1) is 0 Å². The largest absolute Gasteiger partial charge is 0.392 e. The summed E-state index contributed by atoms with van der Waals surface area (Å²) >= 11 is 0. The molecule has 1 atom stereocenters. The third-order valence-electron chi connectivity index (χ3n) is 1.93. The SMILES string of the molecule is CCCC(CC(C)=CCO)OC. The van der Waals surface area contributed by atoms with Crippen LogP contribution in [0.25, 0.3) is 0 Å². The topological polar surface area (TPSA) is 29.5 Å². The van der Waals surface area contributed by atoms with Gasteiger partial charge in [0.25, 0.3) is 0 Å². The molecule has 1 unspecified atom stereocenters. The van der Waals surface area contributed by atoms with Crippen molar-refractivity contribution in [3.63, 3.8) is 0 Å². The minimum atomic E-state index is 0.133. The van der Waals surface area contributed by atoms with Crippen molar-refractivity contribution in [3.05, 3.63) is 11.6 Å². The summed E-state index contributed by atoms with van der Waals surface area (Å²) in [6.07, 6.45) is 5.32. The third kappa shape index (κ3) is 5.33. The maximum Gasteiger partial charge on any atom is 0.0614 e. The molecule has 0 aromatic carbocycles. The number of hydrogen-bond donors (Lipinski definition) is 1. The summed E-state index contributed by atoms with van der Waals surface area (Å²) in [5.74, 6) is 0. The first kappa shape index (κ1) is 11.7. The van der Waals surface area contributed by atoms with E-state index in [1.165, 1.54) is 5.57 Å². The summed E-state index contributed by atoms with van der Waals surface area (Å²) in [6, 6.07) is 0. The van der Waals surface area contributed by atoms with E-state index in [-0.39, 0.29) is 6.61 Å². The number of ether oxygens (including phenoxy) is 1. The van der Waals surface area contributed by atoms with Gasteiger partial charge in [0.1, 0.15) is 0 Å². The Bertz CT molecular complexity index is 130. The highest BCUT2D eigenvalue weighted by Gasteiger charge is 2.05. The molecule has 0 aliphatic carbocycles. The number of rotatable bonds is 6. The van der Waals surface area contributed by atoms with Gasteiger partial charge in [-0.2, -0.15) is 0 Å². The molecule has 0 bridgehead atoms. The maximum atomic E-state index is 8.63. The maximum absolute atomic E-state index is 8.63. The first-order valence-electron chi connectivity index (χ1n) is 4.53. The molecule has 0 heterocycles. The molecule has 0 aromatic heterocycles. The number of hydrogen-bond acceptors (Lipinski definition) is 2. The number of aliphatic hydroxyl groups excluding tert-OH is 1. The van der Waals surface area contributed by atoms with E-state index in [1.807, 2.05) is 13.0 Å². The lowest BCUT2D eigenvalue weighted by Crippen LogP contribution is -2.10. The smallest absolute Gasteiger partial charge is 0.0614 e. The molecule has 0 rings (SSSR count). The van der Waals surface area contributed by atoms with Gasteiger partial charge in [-0.3, -0.25) is 0 Å². The zero-order valence-electron chi connectivity index (χ0n) is 8.34. The molecule has 0 radical (unpaired) electrons. The third-order valence-corrected chi connectivity index (χ3v) is 1.93. The van der Waals surface area contributed by atoms with Gasteiger partial charge in [0, 0.05) is 7.11 Å². The Morgan fingerprint density at radius 3 is 2.67 bits per heavy atom. The Morgan fingerprint density at radius 1 is 1.58 bits per heavy atom. The second kappa shape index (κ2) is 7.32. The zero-order chi connectivity index (χ0) is 9.40. The van der Waals surface area contributed by atoms with Crippen LogP contribution in [-0.4, -0.2) is 24.9 Å². The average molecular weight is 172 g/mol. The van der Waals surface area contributed by atoms with E-state index >= 15 is 0 Å². The van der Waals surface area contributed by atoms with Crippen molar-refractivity contribution in [2.24, 2.45) is 0 Å². The lowest BCUT2D eigenvalue weighted by molar-refractivity contribution is 0.0947. The molecule has 0 saturated heterocycles. The van der Waals surface area contributed by atoms with Gasteiger partial charge >= 0.3 is 0 Å². The van der Waals surface area contributed by atoms with E-state index in [9.17, 15) is 0 Å². The quantitative estimate of drug-likeness (QED) is 0.622. The van der Waals surface area contributed by atoms with E-state index in [0.29, 0.717) is 6.10 Å². The van der Waals surface area contributed by atoms with Crippen molar-refractivity contribution in [1.82, 2.24) is 0 Å². The normalized spacial score (nSPS) is 14.8. The molecule has 0 amide bonds. The Morgan fingerprint density at radius 2 is 2.25 bits per heavy atom. The Labute approximate surface area is 75.2 Å². The molecule has 72 valence electrons. The number of aliphatic hydroxyl groups is 1. The van der Waals surface area contributed by atoms with E-state index in [1.54, 1.807) is 7.11 Å². The van der Waals surface area contributed by atoms with Gasteiger partial charge in [0.15, 0.2) is 0 Å². The second-order valence-corrected chi connectivity index (χ2v) is 3.08. The molecule has 0 spiro atoms. The molecule has 2 heteroatoms. The Hall–Kier alpha value is -0.340. The van der Waals surface area contributed by atoms with Crippen LogP contribution in [0, 0.1) is 0 Å². The average Bonchev–Trinajstić information content (AvgIpc) is 2.04. The molecule has 0 aliphatic rings. The minimum Gasteiger partial charge on any atom is -0.392 e. The molecule has 0 aliphatic heterocycles. The molecule has 12 heavy (non-hydrogen) atoms. The molecule has 0 saturated carbocycles. The fourth-order valence-corrected chi connectivity index (χ4v) is 1.22. The van der Waals surface area contributed by atoms with Crippen LogP contribution in [0.2, 0.25) is 0 Å². The van der Waals surface area contributed by atoms with Crippen LogP contribution in [0.15, 0.2) is 11.6 Å². The second-order valence-electron chi connectivity index (χ2n) is 3.08. The van der Waals surface area contributed by atoms with E-state index < -0.39 is 0 Å². The molecule has 0 fully saturated rings. The van der Waals surface area contributed by atoms with Gasteiger partial charge in [0.05, 0.1) is 12.7 Å². The fraction of sp³-hybridized carbons (Fsp3) is 0.800. The first-order chi connectivity index (χ1) is 5.74. The zero-order valence-corrected chi connectivity index (χ0v) is 8.34. The van der Waals surface area contributed by atoms with Crippen LogP contribution < -0.4 is 0 Å². The number of methoxy groups -OCH3 is 1. The van der Waals surface area contributed by atoms with Gasteiger partial charge in [-0.1, -0.05) is 25.0 Å². The minimum absolute atomic E-state index is 0.133. The summed E-state index contributed by atoms with van der Waals surface area (Å²) in [7, 11) is 1.74. The molecular weight excluding hydrogens is 152 g/mol. The van der Waals surface area contributed by atoms with Crippen LogP contribution in [-0.2, 0) is 4.74 Å². The van der Waals surface area contributed by atoms with Crippen molar-refractivity contribution in [3.8, 4) is 0 Å². The molecular formula is C10H20O2. The van der Waals surface area contributed by atoms with Crippen molar-refractivity contribution < 1.29 is 9.84 Å². The lowest BCUT2D eigenvalue weighted by Gasteiger charge is -2.14. The first-order valence-corrected chi connectivity index (χ1v) is 4.53. The van der Waals surface area contributed by atoms with Crippen molar-refractivity contribution in [2.75, 3.05) is 13.7 Å². The summed E-state index contributed by atoms with van der Waals surface area (Å²) in [5, 5.41) is 8.63. The Kier molecular flexibility index (Phi) is 7.11. The summed E-state index contributed by atoms with van der Waals surface area (Å²) < 4.78 is 5.29.